The standard InChI is InChI=1S/C12H15N3O2S/c1-17-10-3-2-8(11(13)4-10)5-14-6-9-7-18-12(16)15-9/h2-4,7,14H,5-6,13H2,1H3,(H,15,16). The number of nitrogens with one attached hydrogen (secondary N) is 2. The molecule has 1 heterocycles. The third-order valence-corrected chi connectivity index (χ3v) is 3.27. The molecule has 0 unspecified atom stereocenters. The Labute approximate surface area is 109 Å². The van der Waals surface area contributed by atoms with E-state index < -0.39 is 0 Å². The molecule has 6 heteroatoms. The number of H-pyrrole nitrogens is 1. The van der Waals surface area contributed by atoms with Crippen LogP contribution in [0.15, 0.2) is 28.4 Å². The molecule has 0 bridgehead atoms. The number of ether oxygens (including phenoxy) is 1. The Hall–Kier alpha value is -1.79. The van der Waals surface area contributed by atoms with Crippen LogP contribution in [0.1, 0.15) is 11.3 Å². The molecular formula is C12H15N3O2S. The first-order chi connectivity index (χ1) is 8.69. The van der Waals surface area contributed by atoms with Crippen LogP contribution < -0.4 is 20.7 Å². The highest BCUT2D eigenvalue weighted by Crippen LogP contribution is 2.19. The number of thiazole rings is 1. The fourth-order valence-electron chi connectivity index (χ4n) is 1.59. The molecule has 0 aliphatic carbocycles. The van der Waals surface area contributed by atoms with Crippen molar-refractivity contribution in [1.29, 1.82) is 0 Å². The van der Waals surface area contributed by atoms with Crippen molar-refractivity contribution in [3.05, 3.63) is 44.5 Å². The monoisotopic (exact) mass is 265 g/mol. The molecule has 0 amide bonds. The molecule has 0 fully saturated rings. The minimum atomic E-state index is -0.0317. The molecule has 4 N–H and O–H groups in total. The van der Waals surface area contributed by atoms with Crippen molar-refractivity contribution >= 4 is 17.0 Å². The lowest BCUT2D eigenvalue weighted by atomic mass is 10.1. The summed E-state index contributed by atoms with van der Waals surface area (Å²) in [5.74, 6) is 0.749. The average Bonchev–Trinajstić information content (AvgIpc) is 2.77. The third kappa shape index (κ3) is 3.12. The fourth-order valence-corrected chi connectivity index (χ4v) is 2.17. The Morgan fingerprint density at radius 1 is 1.44 bits per heavy atom. The highest BCUT2D eigenvalue weighted by atomic mass is 32.1. The lowest BCUT2D eigenvalue weighted by Crippen LogP contribution is -2.14. The van der Waals surface area contributed by atoms with Gasteiger partial charge < -0.3 is 20.8 Å². The minimum absolute atomic E-state index is 0.0317. The highest BCUT2D eigenvalue weighted by Gasteiger charge is 2.02. The van der Waals surface area contributed by atoms with Crippen molar-refractivity contribution in [2.24, 2.45) is 0 Å². The summed E-state index contributed by atoms with van der Waals surface area (Å²) in [5, 5.41) is 5.04. The Balaban J connectivity index is 1.92. The number of rotatable bonds is 5. The predicted molar refractivity (Wildman–Crippen MR) is 72.9 cm³/mol. The van der Waals surface area contributed by atoms with E-state index in [0.717, 1.165) is 17.0 Å². The van der Waals surface area contributed by atoms with Crippen molar-refractivity contribution in [3.8, 4) is 5.75 Å². The summed E-state index contributed by atoms with van der Waals surface area (Å²) in [6.07, 6.45) is 0. The zero-order valence-electron chi connectivity index (χ0n) is 10.0. The van der Waals surface area contributed by atoms with Gasteiger partial charge in [0.2, 0.25) is 0 Å². The Morgan fingerprint density at radius 2 is 2.28 bits per heavy atom. The number of nitrogens with two attached hydrogens (primary N) is 1. The largest absolute Gasteiger partial charge is 0.497 e. The Kier molecular flexibility index (Phi) is 4.01. The zero-order chi connectivity index (χ0) is 13.0. The first-order valence-corrected chi connectivity index (χ1v) is 6.37. The Morgan fingerprint density at radius 3 is 2.89 bits per heavy atom. The molecule has 18 heavy (non-hydrogen) atoms. The number of nitrogen functional groups attached to an aromatic ring is 1. The molecule has 2 rings (SSSR count). The smallest absolute Gasteiger partial charge is 0.304 e. The summed E-state index contributed by atoms with van der Waals surface area (Å²) < 4.78 is 5.09. The van der Waals surface area contributed by atoms with Gasteiger partial charge in [-0.2, -0.15) is 0 Å². The summed E-state index contributed by atoms with van der Waals surface area (Å²) in [5.41, 5.74) is 8.49. The SMILES string of the molecule is COc1ccc(CNCc2csc(=O)[nH]2)c(N)c1. The van der Waals surface area contributed by atoms with Crippen LogP contribution in [0.3, 0.4) is 0 Å². The molecule has 0 saturated heterocycles. The van der Waals surface area contributed by atoms with Crippen LogP contribution in [-0.4, -0.2) is 12.1 Å². The maximum Gasteiger partial charge on any atom is 0.304 e. The first-order valence-electron chi connectivity index (χ1n) is 5.49. The van der Waals surface area contributed by atoms with Gasteiger partial charge in [-0.05, 0) is 11.6 Å². The van der Waals surface area contributed by atoms with Gasteiger partial charge in [0.25, 0.3) is 0 Å². The van der Waals surface area contributed by atoms with Gasteiger partial charge in [0.05, 0.1) is 7.11 Å². The van der Waals surface area contributed by atoms with Crippen molar-refractivity contribution in [1.82, 2.24) is 10.3 Å². The first kappa shape index (κ1) is 12.7. The number of benzene rings is 1. The molecule has 0 spiro atoms. The van der Waals surface area contributed by atoms with Crippen LogP contribution in [-0.2, 0) is 13.1 Å². The van der Waals surface area contributed by atoms with Crippen molar-refractivity contribution in [2.45, 2.75) is 13.1 Å². The van der Waals surface area contributed by atoms with Gasteiger partial charge in [0, 0.05) is 35.9 Å². The average molecular weight is 265 g/mol. The van der Waals surface area contributed by atoms with Gasteiger partial charge in [-0.25, -0.2) is 0 Å². The molecule has 0 aliphatic heterocycles. The van der Waals surface area contributed by atoms with Gasteiger partial charge in [-0.1, -0.05) is 17.4 Å². The number of hydrogen-bond donors (Lipinski definition) is 3. The predicted octanol–water partition coefficient (Wildman–Crippen LogP) is 1.32. The van der Waals surface area contributed by atoms with Gasteiger partial charge >= 0.3 is 4.87 Å². The van der Waals surface area contributed by atoms with E-state index in [2.05, 4.69) is 10.3 Å². The zero-order valence-corrected chi connectivity index (χ0v) is 10.8. The molecule has 96 valence electrons. The molecule has 0 radical (unpaired) electrons. The highest BCUT2D eigenvalue weighted by molar-refractivity contribution is 7.07. The molecule has 1 aromatic carbocycles. The maximum absolute atomic E-state index is 10.9. The van der Waals surface area contributed by atoms with Crippen molar-refractivity contribution in [2.75, 3.05) is 12.8 Å². The molecular weight excluding hydrogens is 250 g/mol. The van der Waals surface area contributed by atoms with Crippen molar-refractivity contribution in [3.63, 3.8) is 0 Å². The molecule has 5 nitrogen and oxygen atoms in total. The second-order valence-corrected chi connectivity index (χ2v) is 4.68. The number of aromatic amines is 1. The quantitative estimate of drug-likeness (QED) is 0.712. The van der Waals surface area contributed by atoms with Crippen LogP contribution in [0, 0.1) is 0 Å². The minimum Gasteiger partial charge on any atom is -0.497 e. The van der Waals surface area contributed by atoms with E-state index in [1.807, 2.05) is 17.5 Å². The summed E-state index contributed by atoms with van der Waals surface area (Å²) in [4.78, 5) is 13.7. The Bertz CT molecular complexity index is 577. The lowest BCUT2D eigenvalue weighted by molar-refractivity contribution is 0.415. The second-order valence-electron chi connectivity index (χ2n) is 3.84. The lowest BCUT2D eigenvalue weighted by Gasteiger charge is -2.08. The topological polar surface area (TPSA) is 80.1 Å². The van der Waals surface area contributed by atoms with E-state index >= 15 is 0 Å². The van der Waals surface area contributed by atoms with E-state index in [-0.39, 0.29) is 4.87 Å². The van der Waals surface area contributed by atoms with Crippen LogP contribution in [0.5, 0.6) is 5.75 Å². The third-order valence-electron chi connectivity index (χ3n) is 2.55. The van der Waals surface area contributed by atoms with E-state index in [0.29, 0.717) is 18.8 Å². The number of hydrogen-bond acceptors (Lipinski definition) is 5. The second kappa shape index (κ2) is 5.70. The van der Waals surface area contributed by atoms with Crippen LogP contribution in [0.25, 0.3) is 0 Å². The number of anilines is 1. The van der Waals surface area contributed by atoms with Gasteiger partial charge in [-0.15, -0.1) is 0 Å². The summed E-state index contributed by atoms with van der Waals surface area (Å²) in [7, 11) is 1.61. The maximum atomic E-state index is 10.9. The van der Waals surface area contributed by atoms with Crippen LogP contribution >= 0.6 is 11.3 Å². The van der Waals surface area contributed by atoms with E-state index in [1.165, 1.54) is 11.3 Å². The van der Waals surface area contributed by atoms with Gasteiger partial charge in [-0.3, -0.25) is 4.79 Å². The number of methoxy groups -OCH3 is 1. The van der Waals surface area contributed by atoms with Gasteiger partial charge in [0.15, 0.2) is 0 Å². The normalized spacial score (nSPS) is 10.5. The van der Waals surface area contributed by atoms with Crippen LogP contribution in [0.2, 0.25) is 0 Å². The summed E-state index contributed by atoms with van der Waals surface area (Å²) in [6.45, 7) is 1.26. The van der Waals surface area contributed by atoms with E-state index in [1.54, 1.807) is 13.2 Å². The summed E-state index contributed by atoms with van der Waals surface area (Å²) in [6, 6.07) is 5.60. The summed E-state index contributed by atoms with van der Waals surface area (Å²) >= 11 is 1.17. The van der Waals surface area contributed by atoms with Crippen LogP contribution in [0.4, 0.5) is 5.69 Å². The molecule has 0 saturated carbocycles. The molecule has 0 aliphatic rings. The van der Waals surface area contributed by atoms with E-state index in [4.69, 9.17) is 10.5 Å². The number of aromatic nitrogens is 1. The molecule has 2 aromatic rings. The fraction of sp³-hybridized carbons (Fsp3) is 0.250. The van der Waals surface area contributed by atoms with Gasteiger partial charge in [0.1, 0.15) is 5.75 Å². The van der Waals surface area contributed by atoms with E-state index in [9.17, 15) is 4.79 Å². The molecule has 1 aromatic heterocycles. The van der Waals surface area contributed by atoms with Crippen molar-refractivity contribution < 1.29 is 4.74 Å². The molecule has 0 atom stereocenters.